The lowest BCUT2D eigenvalue weighted by Crippen LogP contribution is -2.61. The number of rotatable bonds is 6. The van der Waals surface area contributed by atoms with Crippen molar-refractivity contribution in [3.8, 4) is 0 Å². The molecule has 1 saturated carbocycles. The van der Waals surface area contributed by atoms with Gasteiger partial charge in [0.25, 0.3) is 0 Å². The van der Waals surface area contributed by atoms with E-state index in [0.717, 1.165) is 38.0 Å². The Morgan fingerprint density at radius 1 is 1.32 bits per heavy atom. The Balaban J connectivity index is 2.15. The first-order valence-corrected chi connectivity index (χ1v) is 10.9. The molecule has 0 aromatic heterocycles. The monoisotopic (exact) mass is 347 g/mol. The molecule has 1 heterocycles. The van der Waals surface area contributed by atoms with Gasteiger partial charge in [0.1, 0.15) is 5.60 Å². The van der Waals surface area contributed by atoms with Crippen LogP contribution in [0, 0.1) is 11.1 Å². The summed E-state index contributed by atoms with van der Waals surface area (Å²) in [6.07, 6.45) is 6.34. The van der Waals surface area contributed by atoms with Crippen LogP contribution in [0.5, 0.6) is 0 Å². The highest BCUT2D eigenvalue weighted by molar-refractivity contribution is 7.51. The lowest BCUT2D eigenvalue weighted by molar-refractivity contribution is -0.353. The van der Waals surface area contributed by atoms with Crippen molar-refractivity contribution >= 4 is 17.0 Å². The maximum absolute atomic E-state index is 10.8. The average molecular weight is 347 g/mol. The van der Waals surface area contributed by atoms with Crippen molar-refractivity contribution in [1.82, 2.24) is 0 Å². The van der Waals surface area contributed by atoms with Crippen LogP contribution < -0.4 is 0 Å². The van der Waals surface area contributed by atoms with Crippen molar-refractivity contribution < 1.29 is 14.6 Å². The lowest BCUT2D eigenvalue weighted by atomic mass is 9.87. The normalized spacial score (nSPS) is 34.0. The summed E-state index contributed by atoms with van der Waals surface area (Å²) in [5.41, 5.74) is -0.593. The van der Waals surface area contributed by atoms with Crippen molar-refractivity contribution in [2.75, 3.05) is 12.5 Å². The van der Waals surface area contributed by atoms with Crippen LogP contribution in [0.3, 0.4) is 0 Å². The summed E-state index contributed by atoms with van der Waals surface area (Å²) >= 11 is 0. The molecule has 2 N–H and O–H groups in total. The fourth-order valence-electron chi connectivity index (χ4n) is 3.61. The molecule has 0 radical (unpaired) electrons. The van der Waals surface area contributed by atoms with E-state index in [0.29, 0.717) is 35.1 Å². The molecule has 1 aliphatic carbocycles. The summed E-state index contributed by atoms with van der Waals surface area (Å²) < 4.78 is 12.5. The lowest BCUT2D eigenvalue weighted by Gasteiger charge is -2.51. The molecule has 0 bridgehead atoms. The molecule has 0 aromatic rings. The van der Waals surface area contributed by atoms with E-state index in [2.05, 4.69) is 13.8 Å². The van der Waals surface area contributed by atoms with Gasteiger partial charge in [0.2, 0.25) is 0 Å². The van der Waals surface area contributed by atoms with Crippen LogP contribution in [0.2, 0.25) is 0 Å². The smallest absolute Gasteiger partial charge is 0.168 e. The second-order valence-electron chi connectivity index (χ2n) is 7.41. The van der Waals surface area contributed by atoms with Crippen LogP contribution in [0.15, 0.2) is 0 Å². The van der Waals surface area contributed by atoms with Crippen LogP contribution in [-0.4, -0.2) is 40.8 Å². The quantitative estimate of drug-likeness (QED) is 0.692. The summed E-state index contributed by atoms with van der Waals surface area (Å²) in [5.74, 6) is 0.995. The van der Waals surface area contributed by atoms with Gasteiger partial charge in [-0.1, -0.05) is 20.3 Å². The fraction of sp³-hybridized carbons (Fsp3) is 1.00. The molecule has 4 atom stereocenters. The molecular formula is C16H31NO3P2. The van der Waals surface area contributed by atoms with E-state index in [1.807, 2.05) is 6.92 Å². The maximum atomic E-state index is 10.8. The summed E-state index contributed by atoms with van der Waals surface area (Å²) in [6, 6.07) is 0. The topological polar surface area (TPSA) is 62.5 Å². The van der Waals surface area contributed by atoms with E-state index in [-0.39, 0.29) is 6.10 Å². The van der Waals surface area contributed by atoms with Crippen LogP contribution in [0.4, 0.5) is 0 Å². The van der Waals surface area contributed by atoms with Crippen molar-refractivity contribution in [2.45, 2.75) is 82.4 Å². The fourth-order valence-corrected chi connectivity index (χ4v) is 6.19. The first kappa shape index (κ1) is 18.7. The Morgan fingerprint density at radius 3 is 2.59 bits per heavy atom. The van der Waals surface area contributed by atoms with Gasteiger partial charge >= 0.3 is 0 Å². The highest BCUT2D eigenvalue weighted by Gasteiger charge is 2.50. The van der Waals surface area contributed by atoms with E-state index in [4.69, 9.17) is 14.6 Å². The third-order valence-corrected chi connectivity index (χ3v) is 7.15. The molecule has 6 heteroatoms. The third-order valence-electron chi connectivity index (χ3n) is 4.72. The van der Waals surface area contributed by atoms with Crippen molar-refractivity contribution in [3.63, 3.8) is 0 Å². The summed E-state index contributed by atoms with van der Waals surface area (Å²) in [5, 5.41) is 18.3. The largest absolute Gasteiger partial charge is 0.385 e. The second kappa shape index (κ2) is 7.99. The van der Waals surface area contributed by atoms with E-state index >= 15 is 0 Å². The Hall–Kier alpha value is 0.410. The van der Waals surface area contributed by atoms with Crippen LogP contribution in [0.1, 0.15) is 59.3 Å². The number of nitrogens with one attached hydrogen (secondary N) is 1. The molecule has 1 aliphatic heterocycles. The molecule has 1 unspecified atom stereocenters. The minimum Gasteiger partial charge on any atom is -0.385 e. The molecule has 22 heavy (non-hydrogen) atoms. The highest BCUT2D eigenvalue weighted by Crippen LogP contribution is 2.45. The van der Waals surface area contributed by atoms with Gasteiger partial charge in [-0.05, 0) is 32.1 Å². The predicted octanol–water partition coefficient (Wildman–Crippen LogP) is 4.57. The molecule has 2 fully saturated rings. The van der Waals surface area contributed by atoms with E-state index in [9.17, 15) is 5.11 Å². The summed E-state index contributed by atoms with van der Waals surface area (Å²) in [7, 11) is 1.36. The van der Waals surface area contributed by atoms with Crippen LogP contribution in [0.25, 0.3) is 0 Å². The van der Waals surface area contributed by atoms with E-state index < -0.39 is 11.4 Å². The molecule has 1 spiro atoms. The number of aliphatic hydroxyl groups is 1. The Morgan fingerprint density at radius 2 is 2.00 bits per heavy atom. The minimum atomic E-state index is -0.922. The number of hydrogen-bond donors (Lipinski definition) is 2. The van der Waals surface area contributed by atoms with Gasteiger partial charge in [-0.15, -0.1) is 8.58 Å². The predicted molar refractivity (Wildman–Crippen MR) is 93.3 cm³/mol. The molecule has 128 valence electrons. The van der Waals surface area contributed by atoms with E-state index in [1.165, 1.54) is 6.42 Å². The molecular weight excluding hydrogens is 316 g/mol. The molecule has 0 amide bonds. The first-order chi connectivity index (χ1) is 10.4. The van der Waals surface area contributed by atoms with Crippen LogP contribution >= 0.6 is 17.0 Å². The molecule has 4 nitrogen and oxygen atoms in total. The minimum absolute atomic E-state index is 0.165. The van der Waals surface area contributed by atoms with E-state index in [1.54, 1.807) is 0 Å². The van der Waals surface area contributed by atoms with Gasteiger partial charge in [-0.25, -0.2) is 0 Å². The average Bonchev–Trinajstić information content (AvgIpc) is 2.47. The summed E-state index contributed by atoms with van der Waals surface area (Å²) in [6.45, 7) is 6.67. The summed E-state index contributed by atoms with van der Waals surface area (Å²) in [4.78, 5) is 0. The van der Waals surface area contributed by atoms with Crippen LogP contribution in [-0.2, 0) is 9.47 Å². The molecule has 0 aromatic carbocycles. The molecule has 2 rings (SSSR count). The van der Waals surface area contributed by atoms with Gasteiger partial charge in [0, 0.05) is 32.8 Å². The zero-order valence-electron chi connectivity index (χ0n) is 14.1. The van der Waals surface area contributed by atoms with Gasteiger partial charge in [-0.3, -0.25) is 5.16 Å². The van der Waals surface area contributed by atoms with Crippen molar-refractivity contribution in [3.05, 3.63) is 0 Å². The Kier molecular flexibility index (Phi) is 6.81. The number of hydrogen-bond acceptors (Lipinski definition) is 4. The zero-order valence-corrected chi connectivity index (χ0v) is 16.0. The Bertz CT molecular complexity index is 370. The second-order valence-corrected chi connectivity index (χ2v) is 10.1. The number of ether oxygens (including phenoxy) is 2. The first-order valence-electron chi connectivity index (χ1n) is 8.49. The highest BCUT2D eigenvalue weighted by atomic mass is 31.1. The molecule has 2 aliphatic rings. The van der Waals surface area contributed by atoms with Gasteiger partial charge in [0.15, 0.2) is 5.79 Å². The SMILES string of the molecule is CC(C)C[C@H](PCP=N)[C@H]1OC2(CCCCC2)OC[C@@]1(C)O. The van der Waals surface area contributed by atoms with Gasteiger partial charge in [0.05, 0.1) is 12.7 Å². The standard InChI is InChI=1S/C16H31NO3P2/c1-12(2)9-13(21-11-22-17)14-15(3,18)10-19-16(20-14)7-5-4-6-8-16/h12-14,17-18,21H,4-11H2,1-3H3/t13-,14+,15+/m0/s1. The van der Waals surface area contributed by atoms with Crippen molar-refractivity contribution in [2.24, 2.45) is 5.92 Å². The van der Waals surface area contributed by atoms with Gasteiger partial charge in [-0.2, -0.15) is 0 Å². The van der Waals surface area contributed by atoms with Gasteiger partial charge < -0.3 is 14.6 Å². The maximum Gasteiger partial charge on any atom is 0.168 e. The molecule has 1 saturated heterocycles. The van der Waals surface area contributed by atoms with Crippen molar-refractivity contribution in [1.29, 1.82) is 5.16 Å². The zero-order chi connectivity index (χ0) is 16.2. The third kappa shape index (κ3) is 4.71. The Labute approximate surface area is 138 Å².